The maximum Gasteiger partial charge on any atom is 0.227 e. The summed E-state index contributed by atoms with van der Waals surface area (Å²) in [6, 6.07) is 5.50. The lowest BCUT2D eigenvalue weighted by Crippen LogP contribution is -2.00. The zero-order chi connectivity index (χ0) is 9.68. The summed E-state index contributed by atoms with van der Waals surface area (Å²) in [5.74, 6) is 0. The van der Waals surface area contributed by atoms with Crippen LogP contribution in [0.3, 0.4) is 0 Å². The highest BCUT2D eigenvalue weighted by atomic mass is 35.5. The summed E-state index contributed by atoms with van der Waals surface area (Å²) >= 11 is 5.83. The standard InChI is InChI=1S/C9H9ClN2O/c1-7-4-8(2-3-9(7)10)5-11-12-6-13/h2-6H,1H3,(H,12,13). The molecule has 1 N–H and O–H groups in total. The van der Waals surface area contributed by atoms with E-state index >= 15 is 0 Å². The molecule has 0 atom stereocenters. The molecule has 0 aromatic heterocycles. The van der Waals surface area contributed by atoms with E-state index in [0.29, 0.717) is 6.41 Å². The molecule has 3 nitrogen and oxygen atoms in total. The molecule has 68 valence electrons. The van der Waals surface area contributed by atoms with Crippen LogP contribution in [0.2, 0.25) is 5.02 Å². The van der Waals surface area contributed by atoms with E-state index < -0.39 is 0 Å². The molecule has 0 heterocycles. The van der Waals surface area contributed by atoms with Crippen LogP contribution in [-0.2, 0) is 4.79 Å². The van der Waals surface area contributed by atoms with E-state index in [2.05, 4.69) is 10.5 Å². The number of hydrazone groups is 1. The fourth-order valence-corrected chi connectivity index (χ4v) is 1.01. The van der Waals surface area contributed by atoms with Gasteiger partial charge in [-0.05, 0) is 30.2 Å². The van der Waals surface area contributed by atoms with Crippen molar-refractivity contribution in [3.8, 4) is 0 Å². The molecule has 1 aromatic carbocycles. The highest BCUT2D eigenvalue weighted by molar-refractivity contribution is 6.31. The van der Waals surface area contributed by atoms with Gasteiger partial charge < -0.3 is 0 Å². The number of nitrogens with one attached hydrogen (secondary N) is 1. The highest BCUT2D eigenvalue weighted by Gasteiger charge is 1.94. The van der Waals surface area contributed by atoms with Gasteiger partial charge >= 0.3 is 0 Å². The number of carbonyl (C=O) groups excluding carboxylic acids is 1. The van der Waals surface area contributed by atoms with Crippen molar-refractivity contribution in [2.24, 2.45) is 5.10 Å². The van der Waals surface area contributed by atoms with Gasteiger partial charge in [0.15, 0.2) is 0 Å². The van der Waals surface area contributed by atoms with Gasteiger partial charge in [-0.2, -0.15) is 5.10 Å². The fraction of sp³-hybridized carbons (Fsp3) is 0.111. The van der Waals surface area contributed by atoms with Crippen molar-refractivity contribution < 1.29 is 4.79 Å². The summed E-state index contributed by atoms with van der Waals surface area (Å²) in [5, 5.41) is 4.37. The third kappa shape index (κ3) is 2.87. The third-order valence-electron chi connectivity index (χ3n) is 1.52. The van der Waals surface area contributed by atoms with Crippen molar-refractivity contribution >= 4 is 24.2 Å². The second-order valence-electron chi connectivity index (χ2n) is 2.51. The molecule has 13 heavy (non-hydrogen) atoms. The van der Waals surface area contributed by atoms with Crippen LogP contribution in [0.1, 0.15) is 11.1 Å². The first-order chi connectivity index (χ1) is 6.24. The SMILES string of the molecule is Cc1cc(C=NNC=O)ccc1Cl. The molecule has 1 aromatic rings. The second kappa shape index (κ2) is 4.62. The molecule has 0 aliphatic carbocycles. The van der Waals surface area contributed by atoms with Gasteiger partial charge in [0.1, 0.15) is 0 Å². The van der Waals surface area contributed by atoms with Crippen LogP contribution in [0, 0.1) is 6.92 Å². The van der Waals surface area contributed by atoms with Gasteiger partial charge in [0.05, 0.1) is 6.21 Å². The lowest BCUT2D eigenvalue weighted by molar-refractivity contribution is -0.109. The molecular formula is C9H9ClN2O. The predicted molar refractivity (Wildman–Crippen MR) is 53.0 cm³/mol. The van der Waals surface area contributed by atoms with Gasteiger partial charge in [-0.3, -0.25) is 4.79 Å². The molecule has 0 saturated heterocycles. The lowest BCUT2D eigenvalue weighted by Gasteiger charge is -1.97. The summed E-state index contributed by atoms with van der Waals surface area (Å²) in [7, 11) is 0. The molecule has 0 aliphatic rings. The van der Waals surface area contributed by atoms with E-state index in [9.17, 15) is 4.79 Å². The van der Waals surface area contributed by atoms with Gasteiger partial charge in [-0.1, -0.05) is 17.7 Å². The smallest absolute Gasteiger partial charge is 0.227 e. The molecule has 4 heteroatoms. The Balaban J connectivity index is 2.79. The maximum atomic E-state index is 9.87. The lowest BCUT2D eigenvalue weighted by atomic mass is 10.1. The van der Waals surface area contributed by atoms with E-state index in [1.807, 2.05) is 19.1 Å². The summed E-state index contributed by atoms with van der Waals surface area (Å²) in [6.45, 7) is 1.91. The normalized spacial score (nSPS) is 10.3. The first-order valence-corrected chi connectivity index (χ1v) is 4.10. The molecule has 0 spiro atoms. The van der Waals surface area contributed by atoms with Crippen molar-refractivity contribution in [2.75, 3.05) is 0 Å². The Kier molecular flexibility index (Phi) is 3.46. The molecule has 0 unspecified atom stereocenters. The highest BCUT2D eigenvalue weighted by Crippen LogP contribution is 2.14. The fourth-order valence-electron chi connectivity index (χ4n) is 0.890. The Bertz CT molecular complexity index is 336. The minimum atomic E-state index is 0.513. The number of halogens is 1. The molecule has 1 amide bonds. The van der Waals surface area contributed by atoms with Crippen molar-refractivity contribution in [2.45, 2.75) is 6.92 Å². The van der Waals surface area contributed by atoms with Crippen LogP contribution in [-0.4, -0.2) is 12.6 Å². The molecule has 0 bridgehead atoms. The predicted octanol–water partition coefficient (Wildman–Crippen LogP) is 1.73. The number of benzene rings is 1. The number of hydrogen-bond donors (Lipinski definition) is 1. The molecule has 0 radical (unpaired) electrons. The number of hydrogen-bond acceptors (Lipinski definition) is 2. The Morgan fingerprint density at radius 3 is 2.92 bits per heavy atom. The van der Waals surface area contributed by atoms with Crippen LogP contribution < -0.4 is 5.43 Å². The number of aryl methyl sites for hydroxylation is 1. The van der Waals surface area contributed by atoms with Crippen LogP contribution in [0.5, 0.6) is 0 Å². The number of rotatable bonds is 3. The van der Waals surface area contributed by atoms with Gasteiger partial charge in [0.25, 0.3) is 0 Å². The summed E-state index contributed by atoms with van der Waals surface area (Å²) < 4.78 is 0. The minimum absolute atomic E-state index is 0.513. The van der Waals surface area contributed by atoms with E-state index in [0.717, 1.165) is 16.1 Å². The number of carbonyl (C=O) groups is 1. The largest absolute Gasteiger partial charge is 0.277 e. The monoisotopic (exact) mass is 196 g/mol. The van der Waals surface area contributed by atoms with Crippen molar-refractivity contribution in [3.05, 3.63) is 34.3 Å². The zero-order valence-corrected chi connectivity index (χ0v) is 7.88. The van der Waals surface area contributed by atoms with Crippen LogP contribution in [0.4, 0.5) is 0 Å². The Morgan fingerprint density at radius 2 is 2.31 bits per heavy atom. The minimum Gasteiger partial charge on any atom is -0.277 e. The average Bonchev–Trinajstić information content (AvgIpc) is 2.12. The van der Waals surface area contributed by atoms with Crippen molar-refractivity contribution in [1.29, 1.82) is 0 Å². The quantitative estimate of drug-likeness (QED) is 0.447. The van der Waals surface area contributed by atoms with Gasteiger partial charge in [0, 0.05) is 5.02 Å². The van der Waals surface area contributed by atoms with Crippen LogP contribution >= 0.6 is 11.6 Å². The van der Waals surface area contributed by atoms with Gasteiger partial charge in [0.2, 0.25) is 6.41 Å². The van der Waals surface area contributed by atoms with E-state index in [4.69, 9.17) is 11.6 Å². The van der Waals surface area contributed by atoms with Crippen LogP contribution in [0.15, 0.2) is 23.3 Å². The van der Waals surface area contributed by atoms with Crippen LogP contribution in [0.25, 0.3) is 0 Å². The van der Waals surface area contributed by atoms with Crippen molar-refractivity contribution in [3.63, 3.8) is 0 Å². The molecule has 0 aliphatic heterocycles. The first-order valence-electron chi connectivity index (χ1n) is 3.72. The zero-order valence-electron chi connectivity index (χ0n) is 7.12. The first kappa shape index (κ1) is 9.74. The number of nitrogens with zero attached hydrogens (tertiary/aromatic N) is 1. The van der Waals surface area contributed by atoms with E-state index in [-0.39, 0.29) is 0 Å². The molecule has 1 rings (SSSR count). The Morgan fingerprint density at radius 1 is 1.54 bits per heavy atom. The second-order valence-corrected chi connectivity index (χ2v) is 2.92. The topological polar surface area (TPSA) is 41.5 Å². The summed E-state index contributed by atoms with van der Waals surface area (Å²) in [6.07, 6.45) is 2.07. The van der Waals surface area contributed by atoms with Gasteiger partial charge in [-0.25, -0.2) is 5.43 Å². The molecular weight excluding hydrogens is 188 g/mol. The molecule has 0 fully saturated rings. The average molecular weight is 197 g/mol. The summed E-state index contributed by atoms with van der Waals surface area (Å²) in [4.78, 5) is 9.87. The Labute approximate surface area is 81.4 Å². The van der Waals surface area contributed by atoms with Gasteiger partial charge in [-0.15, -0.1) is 0 Å². The van der Waals surface area contributed by atoms with Crippen molar-refractivity contribution in [1.82, 2.24) is 5.43 Å². The molecule has 0 saturated carbocycles. The van der Waals surface area contributed by atoms with E-state index in [1.165, 1.54) is 0 Å². The summed E-state index contributed by atoms with van der Waals surface area (Å²) in [5.41, 5.74) is 4.07. The van der Waals surface area contributed by atoms with E-state index in [1.54, 1.807) is 12.3 Å². The number of amides is 1. The third-order valence-corrected chi connectivity index (χ3v) is 1.95. The Hall–Kier alpha value is -1.35. The maximum absolute atomic E-state index is 9.87.